The average Bonchev–Trinajstić information content (AvgIpc) is 2.91. The van der Waals surface area contributed by atoms with Gasteiger partial charge in [-0.3, -0.25) is 0 Å². The van der Waals surface area contributed by atoms with Gasteiger partial charge < -0.3 is 10.3 Å². The van der Waals surface area contributed by atoms with Crippen LogP contribution in [0.3, 0.4) is 0 Å². The second-order valence-electron chi connectivity index (χ2n) is 6.01. The summed E-state index contributed by atoms with van der Waals surface area (Å²) in [5.74, 6) is 2.09. The van der Waals surface area contributed by atoms with Crippen LogP contribution in [0.2, 0.25) is 0 Å². The van der Waals surface area contributed by atoms with Crippen molar-refractivity contribution in [3.63, 3.8) is 0 Å². The molecular weight excluding hydrogens is 262 g/mol. The third-order valence-corrected chi connectivity index (χ3v) is 4.58. The topological polar surface area (TPSA) is 64.9 Å². The molecule has 108 valence electrons. The molecular formula is C14H24ClN3O. The Labute approximate surface area is 120 Å². The molecule has 2 saturated carbocycles. The molecule has 0 bridgehead atoms. The van der Waals surface area contributed by atoms with E-state index in [1.807, 2.05) is 0 Å². The minimum atomic E-state index is -0.349. The lowest BCUT2D eigenvalue weighted by Gasteiger charge is -2.29. The highest BCUT2D eigenvalue weighted by atomic mass is 35.5. The van der Waals surface area contributed by atoms with Crippen molar-refractivity contribution in [3.05, 3.63) is 11.7 Å². The Morgan fingerprint density at radius 2 is 1.63 bits per heavy atom. The van der Waals surface area contributed by atoms with Gasteiger partial charge in [-0.05, 0) is 25.7 Å². The van der Waals surface area contributed by atoms with Gasteiger partial charge in [0, 0.05) is 5.92 Å². The summed E-state index contributed by atoms with van der Waals surface area (Å²) in [5.41, 5.74) is 6.08. The number of hydrogen-bond donors (Lipinski definition) is 1. The van der Waals surface area contributed by atoms with Crippen LogP contribution in [0.4, 0.5) is 0 Å². The van der Waals surface area contributed by atoms with Crippen molar-refractivity contribution in [3.8, 4) is 0 Å². The molecule has 4 nitrogen and oxygen atoms in total. The minimum Gasteiger partial charge on any atom is -0.337 e. The SMILES string of the molecule is Cl.NC1(c2nc(C3CCCCC3)no2)CCCCC1. The zero-order chi connectivity index (χ0) is 12.4. The summed E-state index contributed by atoms with van der Waals surface area (Å²) in [6.07, 6.45) is 12.0. The molecule has 1 heterocycles. The molecule has 19 heavy (non-hydrogen) atoms. The monoisotopic (exact) mass is 285 g/mol. The predicted octanol–water partition coefficient (Wildman–Crippen LogP) is 3.66. The third kappa shape index (κ3) is 3.11. The standard InChI is InChI=1S/C14H23N3O.ClH/c15-14(9-5-2-6-10-14)13-16-12(17-18-13)11-7-3-1-4-8-11;/h11H,1-10,15H2;1H. The van der Waals surface area contributed by atoms with Crippen LogP contribution in [0.1, 0.15) is 81.8 Å². The molecule has 0 spiro atoms. The second-order valence-corrected chi connectivity index (χ2v) is 6.01. The molecule has 2 fully saturated rings. The van der Waals surface area contributed by atoms with Gasteiger partial charge in [0.05, 0.1) is 5.54 Å². The Kier molecular flexibility index (Phi) is 4.85. The van der Waals surface area contributed by atoms with Gasteiger partial charge in [-0.15, -0.1) is 12.4 Å². The number of hydrogen-bond acceptors (Lipinski definition) is 4. The van der Waals surface area contributed by atoms with Crippen molar-refractivity contribution in [2.75, 3.05) is 0 Å². The molecule has 0 radical (unpaired) electrons. The number of halogens is 1. The number of rotatable bonds is 2. The van der Waals surface area contributed by atoms with Gasteiger partial charge in [-0.1, -0.05) is 43.7 Å². The van der Waals surface area contributed by atoms with Gasteiger partial charge >= 0.3 is 0 Å². The van der Waals surface area contributed by atoms with Crippen LogP contribution in [-0.2, 0) is 5.54 Å². The quantitative estimate of drug-likeness (QED) is 0.900. The van der Waals surface area contributed by atoms with Gasteiger partial charge in [0.15, 0.2) is 5.82 Å². The maximum atomic E-state index is 6.43. The van der Waals surface area contributed by atoms with Crippen molar-refractivity contribution >= 4 is 12.4 Å². The fourth-order valence-electron chi connectivity index (χ4n) is 3.36. The Hall–Kier alpha value is -0.610. The third-order valence-electron chi connectivity index (χ3n) is 4.58. The molecule has 0 unspecified atom stereocenters. The lowest BCUT2D eigenvalue weighted by atomic mass is 9.82. The highest BCUT2D eigenvalue weighted by Crippen LogP contribution is 2.36. The molecule has 1 aromatic heterocycles. The highest BCUT2D eigenvalue weighted by molar-refractivity contribution is 5.85. The van der Waals surface area contributed by atoms with Crippen molar-refractivity contribution in [2.24, 2.45) is 5.73 Å². The van der Waals surface area contributed by atoms with E-state index in [1.54, 1.807) is 0 Å². The molecule has 0 amide bonds. The number of nitrogens with zero attached hydrogens (tertiary/aromatic N) is 2. The lowest BCUT2D eigenvalue weighted by Crippen LogP contribution is -2.39. The molecule has 0 saturated heterocycles. The Bertz CT molecular complexity index is 395. The molecule has 0 atom stereocenters. The van der Waals surface area contributed by atoms with E-state index < -0.39 is 0 Å². The molecule has 2 aliphatic carbocycles. The number of nitrogens with two attached hydrogens (primary N) is 1. The summed E-state index contributed by atoms with van der Waals surface area (Å²) in [6.45, 7) is 0. The van der Waals surface area contributed by atoms with Crippen LogP contribution < -0.4 is 5.73 Å². The first kappa shape index (κ1) is 14.8. The van der Waals surface area contributed by atoms with Crippen LogP contribution in [0.5, 0.6) is 0 Å². The van der Waals surface area contributed by atoms with E-state index >= 15 is 0 Å². The number of aromatic nitrogens is 2. The minimum absolute atomic E-state index is 0. The smallest absolute Gasteiger partial charge is 0.246 e. The molecule has 2 N–H and O–H groups in total. The van der Waals surface area contributed by atoms with Crippen molar-refractivity contribution in [1.82, 2.24) is 10.1 Å². The van der Waals surface area contributed by atoms with Gasteiger partial charge in [-0.2, -0.15) is 4.98 Å². The Balaban J connectivity index is 0.00000133. The van der Waals surface area contributed by atoms with Gasteiger partial charge in [-0.25, -0.2) is 0 Å². The van der Waals surface area contributed by atoms with Crippen LogP contribution >= 0.6 is 12.4 Å². The van der Waals surface area contributed by atoms with E-state index in [1.165, 1.54) is 51.4 Å². The normalized spacial score (nSPS) is 23.8. The summed E-state index contributed by atoms with van der Waals surface area (Å²) < 4.78 is 5.47. The summed E-state index contributed by atoms with van der Waals surface area (Å²) in [4.78, 5) is 4.63. The van der Waals surface area contributed by atoms with E-state index in [2.05, 4.69) is 10.1 Å². The van der Waals surface area contributed by atoms with E-state index in [-0.39, 0.29) is 17.9 Å². The average molecular weight is 286 g/mol. The van der Waals surface area contributed by atoms with E-state index in [0.717, 1.165) is 18.7 Å². The van der Waals surface area contributed by atoms with Crippen LogP contribution in [0, 0.1) is 0 Å². The first-order chi connectivity index (χ1) is 8.78. The molecule has 5 heteroatoms. The summed E-state index contributed by atoms with van der Waals surface area (Å²) in [6, 6.07) is 0. The fraction of sp³-hybridized carbons (Fsp3) is 0.857. The van der Waals surface area contributed by atoms with Gasteiger partial charge in [0.1, 0.15) is 0 Å². The van der Waals surface area contributed by atoms with E-state index in [0.29, 0.717) is 11.8 Å². The largest absolute Gasteiger partial charge is 0.337 e. The fourth-order valence-corrected chi connectivity index (χ4v) is 3.36. The Morgan fingerprint density at radius 1 is 1.00 bits per heavy atom. The maximum Gasteiger partial charge on any atom is 0.246 e. The molecule has 3 rings (SSSR count). The van der Waals surface area contributed by atoms with Crippen molar-refractivity contribution < 1.29 is 4.52 Å². The van der Waals surface area contributed by atoms with Crippen LogP contribution in [-0.4, -0.2) is 10.1 Å². The van der Waals surface area contributed by atoms with Crippen molar-refractivity contribution in [1.29, 1.82) is 0 Å². The summed E-state index contributed by atoms with van der Waals surface area (Å²) >= 11 is 0. The van der Waals surface area contributed by atoms with E-state index in [9.17, 15) is 0 Å². The highest BCUT2D eigenvalue weighted by Gasteiger charge is 2.35. The zero-order valence-corrected chi connectivity index (χ0v) is 12.3. The molecule has 2 aliphatic rings. The predicted molar refractivity (Wildman–Crippen MR) is 76.3 cm³/mol. The second kappa shape index (κ2) is 6.23. The molecule has 0 aromatic carbocycles. The summed E-state index contributed by atoms with van der Waals surface area (Å²) in [7, 11) is 0. The first-order valence-electron chi connectivity index (χ1n) is 7.41. The lowest BCUT2D eigenvalue weighted by molar-refractivity contribution is 0.219. The van der Waals surface area contributed by atoms with Gasteiger partial charge in [0.2, 0.25) is 5.89 Å². The zero-order valence-electron chi connectivity index (χ0n) is 11.4. The maximum absolute atomic E-state index is 6.43. The summed E-state index contributed by atoms with van der Waals surface area (Å²) in [5, 5.41) is 4.19. The van der Waals surface area contributed by atoms with Gasteiger partial charge in [0.25, 0.3) is 0 Å². The molecule has 1 aromatic rings. The Morgan fingerprint density at radius 3 is 2.32 bits per heavy atom. The molecule has 0 aliphatic heterocycles. The van der Waals surface area contributed by atoms with Crippen LogP contribution in [0.25, 0.3) is 0 Å². The van der Waals surface area contributed by atoms with E-state index in [4.69, 9.17) is 10.3 Å². The van der Waals surface area contributed by atoms with Crippen molar-refractivity contribution in [2.45, 2.75) is 75.7 Å². The van der Waals surface area contributed by atoms with Crippen LogP contribution in [0.15, 0.2) is 4.52 Å². The first-order valence-corrected chi connectivity index (χ1v) is 7.41.